The van der Waals surface area contributed by atoms with E-state index >= 15 is 0 Å². The number of carbonyl (C=O) groups is 1. The van der Waals surface area contributed by atoms with Gasteiger partial charge in [-0.3, -0.25) is 24.9 Å². The predicted octanol–water partition coefficient (Wildman–Crippen LogP) is 2.03. The van der Waals surface area contributed by atoms with Crippen LogP contribution in [-0.2, 0) is 11.8 Å². The van der Waals surface area contributed by atoms with Gasteiger partial charge in [-0.1, -0.05) is 5.10 Å². The van der Waals surface area contributed by atoms with Crippen molar-refractivity contribution in [2.75, 3.05) is 5.32 Å². The van der Waals surface area contributed by atoms with Gasteiger partial charge in [0.1, 0.15) is 5.69 Å². The second-order valence-corrected chi connectivity index (χ2v) is 4.92. The lowest BCUT2D eigenvalue weighted by Crippen LogP contribution is -2.07. The van der Waals surface area contributed by atoms with Crippen molar-refractivity contribution in [3.8, 4) is 11.6 Å². The number of hydrogen-bond acceptors (Lipinski definition) is 7. The van der Waals surface area contributed by atoms with Gasteiger partial charge in [-0.2, -0.15) is 5.10 Å². The van der Waals surface area contributed by atoms with Gasteiger partial charge < -0.3 is 4.42 Å². The summed E-state index contributed by atoms with van der Waals surface area (Å²) in [5.74, 6) is -0.242. The van der Waals surface area contributed by atoms with E-state index in [4.69, 9.17) is 4.42 Å². The van der Waals surface area contributed by atoms with Crippen LogP contribution in [0.25, 0.3) is 17.7 Å². The van der Waals surface area contributed by atoms with Gasteiger partial charge in [-0.15, -0.1) is 5.10 Å². The summed E-state index contributed by atoms with van der Waals surface area (Å²) in [6.45, 7) is 0. The Balaban J connectivity index is 1.63. The smallest absolute Gasteiger partial charge is 0.322 e. The molecule has 0 saturated carbocycles. The highest BCUT2D eigenvalue weighted by molar-refractivity contribution is 6.00. The molecule has 0 atom stereocenters. The number of rotatable bonds is 5. The summed E-state index contributed by atoms with van der Waals surface area (Å²) < 4.78 is 6.91. The van der Waals surface area contributed by atoms with Crippen molar-refractivity contribution in [2.24, 2.45) is 7.05 Å². The van der Waals surface area contributed by atoms with Crippen LogP contribution in [0.15, 0.2) is 47.0 Å². The third-order valence-electron chi connectivity index (χ3n) is 3.23. The molecule has 0 aliphatic carbocycles. The molecule has 1 amide bonds. The van der Waals surface area contributed by atoms with Crippen LogP contribution in [0.2, 0.25) is 0 Å². The Morgan fingerprint density at radius 2 is 2.04 bits per heavy atom. The van der Waals surface area contributed by atoms with E-state index in [-0.39, 0.29) is 17.6 Å². The fourth-order valence-corrected chi connectivity index (χ4v) is 1.99. The standard InChI is InChI=1S/C15H12N6O4/c1-20-12(8-9-16-20)14-18-19-15(25-14)17-13(22)7-4-10-2-5-11(6-3-10)21(23)24/h2-9H,1H3,(H,17,19,22). The Bertz CT molecular complexity index is 941. The summed E-state index contributed by atoms with van der Waals surface area (Å²) in [6.07, 6.45) is 4.36. The zero-order valence-electron chi connectivity index (χ0n) is 13.0. The maximum atomic E-state index is 11.9. The van der Waals surface area contributed by atoms with Gasteiger partial charge in [-0.25, -0.2) is 0 Å². The van der Waals surface area contributed by atoms with E-state index in [0.717, 1.165) is 0 Å². The van der Waals surface area contributed by atoms with Crippen LogP contribution in [0.3, 0.4) is 0 Å². The second kappa shape index (κ2) is 6.74. The van der Waals surface area contributed by atoms with E-state index in [1.54, 1.807) is 24.0 Å². The minimum absolute atomic E-state index is 0.0184. The van der Waals surface area contributed by atoms with Crippen LogP contribution in [0.5, 0.6) is 0 Å². The molecule has 126 valence electrons. The average molecular weight is 340 g/mol. The molecule has 1 aromatic carbocycles. The van der Waals surface area contributed by atoms with Gasteiger partial charge >= 0.3 is 6.01 Å². The SMILES string of the molecule is Cn1nccc1-c1nnc(NC(=O)C=Cc2ccc([N+](=O)[O-])cc2)o1. The Kier molecular flexibility index (Phi) is 4.33. The summed E-state index contributed by atoms with van der Waals surface area (Å²) in [5.41, 5.74) is 1.24. The maximum Gasteiger partial charge on any atom is 0.322 e. The molecule has 0 spiro atoms. The van der Waals surface area contributed by atoms with E-state index < -0.39 is 10.8 Å². The van der Waals surface area contributed by atoms with Crippen LogP contribution in [-0.4, -0.2) is 30.8 Å². The molecule has 2 heterocycles. The molecule has 0 fully saturated rings. The first-order valence-corrected chi connectivity index (χ1v) is 7.08. The number of aryl methyl sites for hydroxylation is 1. The number of carbonyl (C=O) groups excluding carboxylic acids is 1. The number of nitrogens with one attached hydrogen (secondary N) is 1. The Morgan fingerprint density at radius 3 is 2.68 bits per heavy atom. The third kappa shape index (κ3) is 3.75. The topological polar surface area (TPSA) is 129 Å². The monoisotopic (exact) mass is 340 g/mol. The molecule has 0 unspecified atom stereocenters. The number of nitro benzene ring substituents is 1. The van der Waals surface area contributed by atoms with Crippen LogP contribution >= 0.6 is 0 Å². The third-order valence-corrected chi connectivity index (χ3v) is 3.23. The first kappa shape index (κ1) is 16.1. The summed E-state index contributed by atoms with van der Waals surface area (Å²) in [6, 6.07) is 7.44. The van der Waals surface area contributed by atoms with E-state index in [2.05, 4.69) is 20.6 Å². The molecular weight excluding hydrogens is 328 g/mol. The molecule has 25 heavy (non-hydrogen) atoms. The van der Waals surface area contributed by atoms with Crippen LogP contribution in [0.4, 0.5) is 11.7 Å². The summed E-state index contributed by atoms with van der Waals surface area (Å²) in [7, 11) is 1.73. The quantitative estimate of drug-likeness (QED) is 0.427. The molecule has 3 aromatic rings. The van der Waals surface area contributed by atoms with Crippen molar-refractivity contribution in [2.45, 2.75) is 0 Å². The Morgan fingerprint density at radius 1 is 1.28 bits per heavy atom. The van der Waals surface area contributed by atoms with Crippen molar-refractivity contribution < 1.29 is 14.1 Å². The van der Waals surface area contributed by atoms with Crippen molar-refractivity contribution in [1.82, 2.24) is 20.0 Å². The van der Waals surface area contributed by atoms with Gasteiger partial charge in [0.25, 0.3) is 17.5 Å². The highest BCUT2D eigenvalue weighted by Gasteiger charge is 2.12. The first-order valence-electron chi connectivity index (χ1n) is 7.08. The van der Waals surface area contributed by atoms with Crippen molar-refractivity contribution in [1.29, 1.82) is 0 Å². The van der Waals surface area contributed by atoms with E-state index in [0.29, 0.717) is 11.3 Å². The summed E-state index contributed by atoms with van der Waals surface area (Å²) in [4.78, 5) is 22.0. The largest absolute Gasteiger partial charge is 0.401 e. The van der Waals surface area contributed by atoms with Crippen LogP contribution < -0.4 is 5.32 Å². The van der Waals surface area contributed by atoms with E-state index in [1.165, 1.54) is 36.4 Å². The molecule has 0 saturated heterocycles. The lowest BCUT2D eigenvalue weighted by atomic mass is 10.2. The normalized spacial score (nSPS) is 10.9. The number of aromatic nitrogens is 4. The Labute approximate surface area is 140 Å². The first-order chi connectivity index (χ1) is 12.0. The molecule has 0 radical (unpaired) electrons. The average Bonchev–Trinajstić information content (AvgIpc) is 3.22. The molecule has 1 N–H and O–H groups in total. The minimum Gasteiger partial charge on any atom is -0.401 e. The highest BCUT2D eigenvalue weighted by atomic mass is 16.6. The predicted molar refractivity (Wildman–Crippen MR) is 87.3 cm³/mol. The van der Waals surface area contributed by atoms with Gasteiger partial charge in [0, 0.05) is 31.5 Å². The number of hydrogen-bond donors (Lipinski definition) is 1. The lowest BCUT2D eigenvalue weighted by Gasteiger charge is -1.96. The summed E-state index contributed by atoms with van der Waals surface area (Å²) >= 11 is 0. The fourth-order valence-electron chi connectivity index (χ4n) is 1.99. The number of benzene rings is 1. The molecule has 0 aliphatic rings. The fraction of sp³-hybridized carbons (Fsp3) is 0.0667. The van der Waals surface area contributed by atoms with Crippen LogP contribution in [0, 0.1) is 10.1 Å². The summed E-state index contributed by atoms with van der Waals surface area (Å²) in [5, 5.41) is 24.6. The number of nitrogens with zero attached hydrogens (tertiary/aromatic N) is 5. The zero-order valence-corrected chi connectivity index (χ0v) is 13.0. The van der Waals surface area contributed by atoms with Gasteiger partial charge in [0.2, 0.25) is 0 Å². The molecule has 3 rings (SSSR count). The van der Waals surface area contributed by atoms with Gasteiger partial charge in [0.05, 0.1) is 4.92 Å². The molecular formula is C15H12N6O4. The van der Waals surface area contributed by atoms with Gasteiger partial charge in [0.15, 0.2) is 0 Å². The van der Waals surface area contributed by atoms with Crippen molar-refractivity contribution in [3.05, 3.63) is 58.3 Å². The zero-order chi connectivity index (χ0) is 17.8. The molecule has 10 heteroatoms. The number of nitro groups is 1. The number of non-ortho nitro benzene ring substituents is 1. The minimum atomic E-state index is -0.490. The highest BCUT2D eigenvalue weighted by Crippen LogP contribution is 2.18. The van der Waals surface area contributed by atoms with E-state index in [1.807, 2.05) is 0 Å². The maximum absolute atomic E-state index is 11.9. The molecule has 2 aromatic heterocycles. The lowest BCUT2D eigenvalue weighted by molar-refractivity contribution is -0.384. The molecule has 0 aliphatic heterocycles. The van der Waals surface area contributed by atoms with Crippen molar-refractivity contribution in [3.63, 3.8) is 0 Å². The van der Waals surface area contributed by atoms with Gasteiger partial charge in [-0.05, 0) is 29.8 Å². The number of anilines is 1. The Hall–Kier alpha value is -3.82. The van der Waals surface area contributed by atoms with E-state index in [9.17, 15) is 14.9 Å². The van der Waals surface area contributed by atoms with Crippen LogP contribution in [0.1, 0.15) is 5.56 Å². The molecule has 10 nitrogen and oxygen atoms in total. The second-order valence-electron chi connectivity index (χ2n) is 4.92. The molecule has 0 bridgehead atoms. The van der Waals surface area contributed by atoms with Crippen molar-refractivity contribution >= 4 is 23.7 Å². The number of amides is 1.